The van der Waals surface area contributed by atoms with E-state index in [1.165, 1.54) is 0 Å². The van der Waals surface area contributed by atoms with Gasteiger partial charge < -0.3 is 27.6 Å². The molecule has 8 N–H and O–H groups in total. The van der Waals surface area contributed by atoms with Crippen LogP contribution < -0.4 is 22.5 Å². The van der Waals surface area contributed by atoms with Gasteiger partial charge in [-0.1, -0.05) is 6.42 Å². The lowest BCUT2D eigenvalue weighted by molar-refractivity contribution is -0.124. The van der Waals surface area contributed by atoms with E-state index in [0.717, 1.165) is 19.3 Å². The third kappa shape index (κ3) is 11.0. The number of nitrogens with one attached hydrogen (secondary N) is 1. The number of aliphatic hydroxyl groups is 1. The Morgan fingerprint density at radius 2 is 1.90 bits per heavy atom. The highest BCUT2D eigenvalue weighted by molar-refractivity contribution is 5.76. The predicted octanol–water partition coefficient (Wildman–Crippen LogP) is -0.185. The fraction of sp³-hybridized carbons (Fsp3) is 0.857. The summed E-state index contributed by atoms with van der Waals surface area (Å²) in [6.45, 7) is 4.51. The summed E-state index contributed by atoms with van der Waals surface area (Å²) >= 11 is 0. The molecule has 0 aromatic carbocycles. The first-order valence-corrected chi connectivity index (χ1v) is 7.54. The molecule has 0 aliphatic rings. The number of nitrogens with zero attached hydrogens (tertiary/aromatic N) is 1. The van der Waals surface area contributed by atoms with Crippen molar-refractivity contribution in [3.8, 4) is 0 Å². The molecule has 0 aromatic rings. The summed E-state index contributed by atoms with van der Waals surface area (Å²) in [7, 11) is 0. The molecule has 0 rings (SSSR count). The van der Waals surface area contributed by atoms with Gasteiger partial charge in [0.2, 0.25) is 5.91 Å². The van der Waals surface area contributed by atoms with Crippen LogP contribution in [0, 0.1) is 0 Å². The SMILES string of the molecule is CC(C)(O)C(CCCN=C(N)N)NC(=O)CCCCCN. The van der Waals surface area contributed by atoms with E-state index < -0.39 is 5.60 Å². The van der Waals surface area contributed by atoms with Gasteiger partial charge in [-0.25, -0.2) is 0 Å². The molecule has 124 valence electrons. The van der Waals surface area contributed by atoms with E-state index in [2.05, 4.69) is 10.3 Å². The molecule has 1 amide bonds. The second-order valence-electron chi connectivity index (χ2n) is 5.82. The molecule has 7 heteroatoms. The molecule has 0 radical (unpaired) electrons. The molecule has 0 saturated heterocycles. The average Bonchev–Trinajstić information content (AvgIpc) is 2.36. The highest BCUT2D eigenvalue weighted by Crippen LogP contribution is 2.14. The monoisotopic (exact) mass is 301 g/mol. The number of guanidine groups is 1. The summed E-state index contributed by atoms with van der Waals surface area (Å²) in [6.07, 6.45) is 4.47. The number of aliphatic imine (C=N–C) groups is 1. The van der Waals surface area contributed by atoms with E-state index in [9.17, 15) is 9.90 Å². The predicted molar refractivity (Wildman–Crippen MR) is 85.7 cm³/mol. The smallest absolute Gasteiger partial charge is 0.220 e. The van der Waals surface area contributed by atoms with Crippen LogP contribution >= 0.6 is 0 Å². The van der Waals surface area contributed by atoms with E-state index >= 15 is 0 Å². The standard InChI is InChI=1S/C14H31N5O2/c1-14(2,21)11(7-6-10-18-13(16)17)19-12(20)8-4-3-5-9-15/h11,21H,3-10,15H2,1-2H3,(H,19,20)(H4,16,17,18). The maximum absolute atomic E-state index is 11.9. The normalized spacial score (nSPS) is 12.8. The van der Waals surface area contributed by atoms with Crippen LogP contribution in [0.1, 0.15) is 52.4 Å². The molecule has 0 heterocycles. The minimum Gasteiger partial charge on any atom is -0.388 e. The Morgan fingerprint density at radius 3 is 2.43 bits per heavy atom. The summed E-state index contributed by atoms with van der Waals surface area (Å²) in [6, 6.07) is -0.311. The number of carbonyl (C=O) groups is 1. The van der Waals surface area contributed by atoms with Gasteiger partial charge in [0.05, 0.1) is 11.6 Å². The van der Waals surface area contributed by atoms with Crippen molar-refractivity contribution in [2.75, 3.05) is 13.1 Å². The molecule has 0 aliphatic carbocycles. The first-order chi connectivity index (χ1) is 9.77. The molecule has 0 aromatic heterocycles. The molecule has 0 saturated carbocycles. The summed E-state index contributed by atoms with van der Waals surface area (Å²) < 4.78 is 0. The lowest BCUT2D eigenvalue weighted by atomic mass is 9.94. The number of amides is 1. The molecule has 1 atom stereocenters. The summed E-state index contributed by atoms with van der Waals surface area (Å²) in [5.74, 6) is 0.0136. The van der Waals surface area contributed by atoms with Crippen molar-refractivity contribution in [1.29, 1.82) is 0 Å². The van der Waals surface area contributed by atoms with Crippen molar-refractivity contribution < 1.29 is 9.90 Å². The molecule has 0 fully saturated rings. The Hall–Kier alpha value is -1.34. The third-order valence-corrected chi connectivity index (χ3v) is 3.24. The fourth-order valence-electron chi connectivity index (χ4n) is 1.98. The molecule has 21 heavy (non-hydrogen) atoms. The molecule has 1 unspecified atom stereocenters. The van der Waals surface area contributed by atoms with Crippen LogP contribution in [0.15, 0.2) is 4.99 Å². The van der Waals surface area contributed by atoms with Gasteiger partial charge in [-0.3, -0.25) is 9.79 Å². The van der Waals surface area contributed by atoms with Crippen LogP contribution in [0.25, 0.3) is 0 Å². The quantitative estimate of drug-likeness (QED) is 0.204. The van der Waals surface area contributed by atoms with E-state index in [0.29, 0.717) is 32.4 Å². The van der Waals surface area contributed by atoms with E-state index in [4.69, 9.17) is 17.2 Å². The highest BCUT2D eigenvalue weighted by Gasteiger charge is 2.27. The van der Waals surface area contributed by atoms with E-state index in [-0.39, 0.29) is 17.9 Å². The molecule has 0 aliphatic heterocycles. The van der Waals surface area contributed by atoms with Crippen molar-refractivity contribution in [1.82, 2.24) is 5.32 Å². The van der Waals surface area contributed by atoms with Gasteiger partial charge in [0.15, 0.2) is 5.96 Å². The number of rotatable bonds is 11. The van der Waals surface area contributed by atoms with Crippen molar-refractivity contribution in [2.24, 2.45) is 22.2 Å². The number of hydrogen-bond donors (Lipinski definition) is 5. The molecular weight excluding hydrogens is 270 g/mol. The Morgan fingerprint density at radius 1 is 1.24 bits per heavy atom. The maximum Gasteiger partial charge on any atom is 0.220 e. The summed E-state index contributed by atoms with van der Waals surface area (Å²) in [4.78, 5) is 15.8. The molecule has 0 bridgehead atoms. The molecular formula is C14H31N5O2. The van der Waals surface area contributed by atoms with Gasteiger partial charge in [0.25, 0.3) is 0 Å². The van der Waals surface area contributed by atoms with Crippen molar-refractivity contribution in [3.63, 3.8) is 0 Å². The van der Waals surface area contributed by atoms with Crippen LogP contribution in [0.2, 0.25) is 0 Å². The van der Waals surface area contributed by atoms with Gasteiger partial charge in [0.1, 0.15) is 0 Å². The lowest BCUT2D eigenvalue weighted by Gasteiger charge is -2.30. The number of carbonyl (C=O) groups excluding carboxylic acids is 1. The van der Waals surface area contributed by atoms with Crippen LogP contribution in [-0.4, -0.2) is 41.7 Å². The largest absolute Gasteiger partial charge is 0.388 e. The first-order valence-electron chi connectivity index (χ1n) is 7.54. The Balaban J connectivity index is 4.18. The van der Waals surface area contributed by atoms with E-state index in [1.807, 2.05) is 0 Å². The van der Waals surface area contributed by atoms with Crippen molar-refractivity contribution in [2.45, 2.75) is 64.0 Å². The van der Waals surface area contributed by atoms with Crippen LogP contribution in [0.4, 0.5) is 0 Å². The van der Waals surface area contributed by atoms with Gasteiger partial charge in [-0.05, 0) is 46.1 Å². The second kappa shape index (κ2) is 10.4. The van der Waals surface area contributed by atoms with Gasteiger partial charge in [-0.15, -0.1) is 0 Å². The summed E-state index contributed by atoms with van der Waals surface area (Å²) in [5, 5.41) is 13.0. The first kappa shape index (κ1) is 19.7. The van der Waals surface area contributed by atoms with Crippen molar-refractivity contribution >= 4 is 11.9 Å². The Bertz CT molecular complexity index is 322. The Kier molecular flexibility index (Phi) is 9.73. The fourth-order valence-corrected chi connectivity index (χ4v) is 1.98. The number of nitrogens with two attached hydrogens (primary N) is 3. The second-order valence-corrected chi connectivity index (χ2v) is 5.82. The minimum atomic E-state index is -0.981. The minimum absolute atomic E-state index is 0.0408. The lowest BCUT2D eigenvalue weighted by Crippen LogP contribution is -2.49. The van der Waals surface area contributed by atoms with Gasteiger partial charge >= 0.3 is 0 Å². The van der Waals surface area contributed by atoms with Crippen molar-refractivity contribution in [3.05, 3.63) is 0 Å². The zero-order valence-electron chi connectivity index (χ0n) is 13.3. The highest BCUT2D eigenvalue weighted by atomic mass is 16.3. The Labute approximate surface area is 127 Å². The molecule has 7 nitrogen and oxygen atoms in total. The third-order valence-electron chi connectivity index (χ3n) is 3.24. The van der Waals surface area contributed by atoms with Gasteiger partial charge in [-0.2, -0.15) is 0 Å². The zero-order chi connectivity index (χ0) is 16.3. The average molecular weight is 301 g/mol. The maximum atomic E-state index is 11.9. The van der Waals surface area contributed by atoms with Gasteiger partial charge in [0, 0.05) is 13.0 Å². The number of unbranched alkanes of at least 4 members (excludes halogenated alkanes) is 2. The topological polar surface area (TPSA) is 140 Å². The zero-order valence-corrected chi connectivity index (χ0v) is 13.3. The van der Waals surface area contributed by atoms with Crippen LogP contribution in [0.5, 0.6) is 0 Å². The van der Waals surface area contributed by atoms with Crippen LogP contribution in [0.3, 0.4) is 0 Å². The van der Waals surface area contributed by atoms with E-state index in [1.54, 1.807) is 13.8 Å². The molecule has 0 spiro atoms. The summed E-state index contributed by atoms with van der Waals surface area (Å²) in [5.41, 5.74) is 14.9. The number of hydrogen-bond acceptors (Lipinski definition) is 4. The van der Waals surface area contributed by atoms with Crippen LogP contribution in [-0.2, 0) is 4.79 Å².